The van der Waals surface area contributed by atoms with E-state index in [0.717, 1.165) is 6.54 Å². The van der Waals surface area contributed by atoms with Crippen molar-refractivity contribution >= 4 is 10.2 Å². The number of nitrogens with one attached hydrogen (secondary N) is 1. The Labute approximate surface area is 67.0 Å². The van der Waals surface area contributed by atoms with Crippen molar-refractivity contribution < 1.29 is 0 Å². The van der Waals surface area contributed by atoms with Gasteiger partial charge in [-0.15, -0.1) is 0 Å². The minimum atomic E-state index is 0.855. The molecule has 2 nitrogen and oxygen atoms in total. The lowest BCUT2D eigenvalue weighted by Crippen LogP contribution is -2.16. The van der Waals surface area contributed by atoms with Crippen LogP contribution in [0.5, 0.6) is 0 Å². The van der Waals surface area contributed by atoms with Crippen molar-refractivity contribution in [3.8, 4) is 0 Å². The number of hydrogen-bond donors (Lipinski definition) is 2. The van der Waals surface area contributed by atoms with E-state index in [9.17, 15) is 0 Å². The van der Waals surface area contributed by atoms with Gasteiger partial charge in [0.15, 0.2) is 0 Å². The summed E-state index contributed by atoms with van der Waals surface area (Å²) in [5.74, 6) is 0. The predicted octanol–water partition coefficient (Wildman–Crippen LogP) is -0.582. The van der Waals surface area contributed by atoms with Crippen LogP contribution in [-0.4, -0.2) is 29.5 Å². The summed E-state index contributed by atoms with van der Waals surface area (Å²) < 4.78 is 0. The summed E-state index contributed by atoms with van der Waals surface area (Å²) in [6, 6.07) is 0. The Hall–Kier alpha value is 0.137. The zero-order valence-corrected chi connectivity index (χ0v) is 9.03. The minimum absolute atomic E-state index is 0.855. The normalized spacial score (nSPS) is 10.5. The summed E-state index contributed by atoms with van der Waals surface area (Å²) >= 11 is 0. The highest BCUT2D eigenvalue weighted by Crippen LogP contribution is 1.96. The Morgan fingerprint density at radius 3 is 2.40 bits per heavy atom. The molecule has 0 amide bonds. The van der Waals surface area contributed by atoms with E-state index in [1.165, 1.54) is 48.6 Å². The SMILES string of the molecule is NCCCCCCNC[SiH3]. The molecule has 0 heterocycles. The second kappa shape index (κ2) is 9.14. The molecule has 0 aromatic carbocycles. The van der Waals surface area contributed by atoms with E-state index in [4.69, 9.17) is 5.73 Å². The Balaban J connectivity index is 2.65. The maximum absolute atomic E-state index is 5.36. The van der Waals surface area contributed by atoms with Crippen LogP contribution in [0, 0.1) is 0 Å². The van der Waals surface area contributed by atoms with Crippen LogP contribution in [0.3, 0.4) is 0 Å². The van der Waals surface area contributed by atoms with Gasteiger partial charge in [-0.1, -0.05) is 12.8 Å². The van der Waals surface area contributed by atoms with Crippen LogP contribution in [0.1, 0.15) is 25.7 Å². The molecule has 0 aromatic heterocycles. The first-order valence-electron chi connectivity index (χ1n) is 4.32. The average molecular weight is 160 g/mol. The van der Waals surface area contributed by atoms with E-state index >= 15 is 0 Å². The topological polar surface area (TPSA) is 38.0 Å². The van der Waals surface area contributed by atoms with E-state index in [2.05, 4.69) is 5.32 Å². The van der Waals surface area contributed by atoms with Gasteiger partial charge in [-0.05, 0) is 32.1 Å². The summed E-state index contributed by atoms with van der Waals surface area (Å²) in [6.07, 6.45) is 6.39. The van der Waals surface area contributed by atoms with Crippen LogP contribution < -0.4 is 11.1 Å². The molecule has 0 aliphatic rings. The zero-order chi connectivity index (χ0) is 7.66. The fourth-order valence-corrected chi connectivity index (χ4v) is 1.28. The summed E-state index contributed by atoms with van der Waals surface area (Å²) in [7, 11) is 1.28. The maximum Gasteiger partial charge on any atom is 0.0201 e. The van der Waals surface area contributed by atoms with Gasteiger partial charge in [0, 0.05) is 10.2 Å². The smallest absolute Gasteiger partial charge is 0.0201 e. The second-order valence-corrected chi connectivity index (χ2v) is 3.26. The van der Waals surface area contributed by atoms with Gasteiger partial charge in [0.05, 0.1) is 0 Å². The lowest BCUT2D eigenvalue weighted by Gasteiger charge is -1.99. The Morgan fingerprint density at radius 2 is 1.80 bits per heavy atom. The van der Waals surface area contributed by atoms with E-state index in [0.29, 0.717) is 0 Å². The van der Waals surface area contributed by atoms with Crippen molar-refractivity contribution in [2.75, 3.05) is 19.3 Å². The molecule has 0 aliphatic heterocycles. The minimum Gasteiger partial charge on any atom is -0.330 e. The summed E-state index contributed by atoms with van der Waals surface area (Å²) in [4.78, 5) is 0. The molecule has 10 heavy (non-hydrogen) atoms. The first-order chi connectivity index (χ1) is 4.91. The molecule has 0 atom stereocenters. The summed E-state index contributed by atoms with van der Waals surface area (Å²) in [5.41, 5.74) is 5.36. The summed E-state index contributed by atoms with van der Waals surface area (Å²) in [5, 5.41) is 3.36. The molecule has 0 unspecified atom stereocenters. The first-order valence-corrected chi connectivity index (χ1v) is 5.74. The lowest BCUT2D eigenvalue weighted by molar-refractivity contribution is 0.616. The van der Waals surface area contributed by atoms with Gasteiger partial charge in [-0.25, -0.2) is 0 Å². The van der Waals surface area contributed by atoms with Crippen LogP contribution in [-0.2, 0) is 0 Å². The fourth-order valence-electron chi connectivity index (χ4n) is 0.925. The van der Waals surface area contributed by atoms with E-state index in [-0.39, 0.29) is 0 Å². The standard InChI is InChI=1S/C7H20N2Si/c8-5-3-1-2-4-6-9-7-10/h9H,1-8H2,10H3. The average Bonchev–Trinajstić information content (AvgIpc) is 1.97. The number of hydrogen-bond acceptors (Lipinski definition) is 2. The van der Waals surface area contributed by atoms with Gasteiger partial charge in [0.2, 0.25) is 0 Å². The number of rotatable bonds is 7. The molecule has 0 saturated heterocycles. The Bertz CT molecular complexity index is 51.6. The third-order valence-electron chi connectivity index (χ3n) is 1.56. The molecule has 0 aliphatic carbocycles. The fraction of sp³-hybridized carbons (Fsp3) is 1.00. The second-order valence-electron chi connectivity index (χ2n) is 2.56. The van der Waals surface area contributed by atoms with Crippen molar-refractivity contribution in [1.29, 1.82) is 0 Å². The maximum atomic E-state index is 5.36. The molecule has 0 bridgehead atoms. The first kappa shape index (κ1) is 10.1. The van der Waals surface area contributed by atoms with E-state index in [1.54, 1.807) is 0 Å². The van der Waals surface area contributed by atoms with Crippen LogP contribution in [0.15, 0.2) is 0 Å². The highest BCUT2D eigenvalue weighted by Gasteiger charge is 1.86. The monoisotopic (exact) mass is 160 g/mol. The van der Waals surface area contributed by atoms with Crippen molar-refractivity contribution in [3.05, 3.63) is 0 Å². The largest absolute Gasteiger partial charge is 0.330 e. The molecule has 0 saturated carbocycles. The quantitative estimate of drug-likeness (QED) is 0.386. The third kappa shape index (κ3) is 8.14. The lowest BCUT2D eigenvalue weighted by atomic mass is 10.2. The predicted molar refractivity (Wildman–Crippen MR) is 50.3 cm³/mol. The van der Waals surface area contributed by atoms with Crippen molar-refractivity contribution in [2.45, 2.75) is 25.7 Å². The zero-order valence-electron chi connectivity index (χ0n) is 7.03. The molecule has 0 aromatic rings. The van der Waals surface area contributed by atoms with Crippen LogP contribution in [0.25, 0.3) is 0 Å². The number of unbranched alkanes of at least 4 members (excludes halogenated alkanes) is 3. The van der Waals surface area contributed by atoms with E-state index < -0.39 is 0 Å². The van der Waals surface area contributed by atoms with Crippen LogP contribution >= 0.6 is 0 Å². The van der Waals surface area contributed by atoms with Gasteiger partial charge >= 0.3 is 0 Å². The molecule has 0 spiro atoms. The molecular weight excluding hydrogens is 140 g/mol. The Morgan fingerprint density at radius 1 is 1.10 bits per heavy atom. The van der Waals surface area contributed by atoms with Crippen LogP contribution in [0.4, 0.5) is 0 Å². The summed E-state index contributed by atoms with van der Waals surface area (Å²) in [6.45, 7) is 2.06. The molecule has 3 N–H and O–H groups in total. The molecule has 0 radical (unpaired) electrons. The van der Waals surface area contributed by atoms with Crippen molar-refractivity contribution in [2.24, 2.45) is 5.73 Å². The van der Waals surface area contributed by atoms with Crippen molar-refractivity contribution in [3.63, 3.8) is 0 Å². The van der Waals surface area contributed by atoms with Gasteiger partial charge < -0.3 is 11.1 Å². The number of nitrogens with two attached hydrogens (primary N) is 1. The third-order valence-corrected chi connectivity index (χ3v) is 2.06. The molecule has 3 heteroatoms. The van der Waals surface area contributed by atoms with Gasteiger partial charge in [-0.3, -0.25) is 0 Å². The van der Waals surface area contributed by atoms with Crippen molar-refractivity contribution in [1.82, 2.24) is 5.32 Å². The highest BCUT2D eigenvalue weighted by molar-refractivity contribution is 6.08. The van der Waals surface area contributed by atoms with Crippen LogP contribution in [0.2, 0.25) is 0 Å². The van der Waals surface area contributed by atoms with E-state index in [1.807, 2.05) is 0 Å². The van der Waals surface area contributed by atoms with Gasteiger partial charge in [0.25, 0.3) is 0 Å². The Kier molecular flexibility index (Phi) is 9.26. The molecular formula is C7H20N2Si. The highest BCUT2D eigenvalue weighted by atomic mass is 28.1. The molecule has 0 fully saturated rings. The molecule has 62 valence electrons. The van der Waals surface area contributed by atoms with Gasteiger partial charge in [0.1, 0.15) is 0 Å². The van der Waals surface area contributed by atoms with Gasteiger partial charge in [-0.2, -0.15) is 0 Å². The molecule has 0 rings (SSSR count).